The van der Waals surface area contributed by atoms with Crippen LogP contribution in [-0.4, -0.2) is 48.7 Å². The quantitative estimate of drug-likeness (QED) is 0.722. The molecule has 0 saturated carbocycles. The maximum atomic E-state index is 12.3. The minimum Gasteiger partial charge on any atom is -0.382 e. The fraction of sp³-hybridized carbons (Fsp3) is 0.417. The molecule has 2 aromatic rings. The highest BCUT2D eigenvalue weighted by molar-refractivity contribution is 6.01. The van der Waals surface area contributed by atoms with Gasteiger partial charge in [-0.05, 0) is 12.8 Å². The molecule has 3 saturated heterocycles. The Kier molecular flexibility index (Phi) is 2.26. The van der Waals surface area contributed by atoms with E-state index in [4.69, 9.17) is 5.73 Å². The van der Waals surface area contributed by atoms with Crippen LogP contribution in [0.4, 0.5) is 5.82 Å². The smallest absolute Gasteiger partial charge is 0.188 e. The number of fused-ring (bicyclic) bond motifs is 4. The van der Waals surface area contributed by atoms with Gasteiger partial charge in [-0.15, -0.1) is 5.10 Å². The van der Waals surface area contributed by atoms with E-state index < -0.39 is 0 Å². The van der Waals surface area contributed by atoms with Gasteiger partial charge in [-0.2, -0.15) is 4.68 Å². The molecule has 0 radical (unpaired) electrons. The Labute approximate surface area is 114 Å². The van der Waals surface area contributed by atoms with Gasteiger partial charge in [0, 0.05) is 19.0 Å². The van der Waals surface area contributed by atoms with Crippen molar-refractivity contribution in [1.82, 2.24) is 29.9 Å². The topological polar surface area (TPSA) is 103 Å². The van der Waals surface area contributed by atoms with Gasteiger partial charge in [-0.1, -0.05) is 5.21 Å². The molecule has 0 aliphatic carbocycles. The molecule has 0 atom stereocenters. The van der Waals surface area contributed by atoms with E-state index in [1.165, 1.54) is 11.0 Å². The number of allylic oxidation sites excluding steroid dienone is 1. The van der Waals surface area contributed by atoms with E-state index in [-0.39, 0.29) is 17.5 Å². The van der Waals surface area contributed by atoms with E-state index in [1.807, 2.05) is 0 Å². The Bertz CT molecular complexity index is 726. The molecule has 0 amide bonds. The first kappa shape index (κ1) is 11.3. The highest BCUT2D eigenvalue weighted by Gasteiger charge is 2.36. The van der Waals surface area contributed by atoms with Crippen molar-refractivity contribution in [2.45, 2.75) is 12.8 Å². The summed E-state index contributed by atoms with van der Waals surface area (Å²) in [5, 5.41) is 7.96. The summed E-state index contributed by atoms with van der Waals surface area (Å²) in [6, 6.07) is 0. The largest absolute Gasteiger partial charge is 0.382 e. The summed E-state index contributed by atoms with van der Waals surface area (Å²) in [5.74, 6) is 0.630. The lowest BCUT2D eigenvalue weighted by atomic mass is 9.85. The Morgan fingerprint density at radius 1 is 1.30 bits per heavy atom. The minimum atomic E-state index is 0.153. The SMILES string of the molecule is Nc1ncnc2c1nnn2C=C1C(=O)C2CCN1CC2. The van der Waals surface area contributed by atoms with Crippen LogP contribution in [0.5, 0.6) is 0 Å². The fourth-order valence-electron chi connectivity index (χ4n) is 2.88. The van der Waals surface area contributed by atoms with E-state index in [2.05, 4.69) is 25.2 Å². The lowest BCUT2D eigenvalue weighted by molar-refractivity contribution is -0.125. The highest BCUT2D eigenvalue weighted by atomic mass is 16.1. The van der Waals surface area contributed by atoms with E-state index >= 15 is 0 Å². The first-order chi connectivity index (χ1) is 9.74. The molecule has 5 heterocycles. The van der Waals surface area contributed by atoms with Gasteiger partial charge < -0.3 is 10.6 Å². The van der Waals surface area contributed by atoms with Crippen LogP contribution < -0.4 is 5.73 Å². The van der Waals surface area contributed by atoms with Crippen molar-refractivity contribution in [2.75, 3.05) is 18.8 Å². The van der Waals surface area contributed by atoms with E-state index in [9.17, 15) is 4.79 Å². The number of carbonyl (C=O) groups excluding carboxylic acids is 1. The van der Waals surface area contributed by atoms with Crippen molar-refractivity contribution < 1.29 is 4.79 Å². The number of rotatable bonds is 1. The molecule has 5 rings (SSSR count). The van der Waals surface area contributed by atoms with Crippen molar-refractivity contribution in [3.05, 3.63) is 12.0 Å². The summed E-state index contributed by atoms with van der Waals surface area (Å²) in [4.78, 5) is 22.4. The zero-order chi connectivity index (χ0) is 13.7. The Morgan fingerprint density at radius 2 is 2.10 bits per heavy atom. The second-order valence-electron chi connectivity index (χ2n) is 5.11. The summed E-state index contributed by atoms with van der Waals surface area (Å²) in [6.45, 7) is 1.85. The number of nitrogen functional groups attached to an aromatic ring is 1. The van der Waals surface area contributed by atoms with Gasteiger partial charge in [-0.25, -0.2) is 9.97 Å². The average molecular weight is 271 g/mol. The average Bonchev–Trinajstić information content (AvgIpc) is 2.88. The van der Waals surface area contributed by atoms with Crippen molar-refractivity contribution in [2.24, 2.45) is 5.92 Å². The number of piperidine rings is 3. The van der Waals surface area contributed by atoms with Crippen molar-refractivity contribution in [3.8, 4) is 0 Å². The van der Waals surface area contributed by atoms with Crippen LogP contribution in [0.15, 0.2) is 12.0 Å². The first-order valence-corrected chi connectivity index (χ1v) is 6.56. The first-order valence-electron chi connectivity index (χ1n) is 6.56. The molecule has 0 unspecified atom stereocenters. The summed E-state index contributed by atoms with van der Waals surface area (Å²) >= 11 is 0. The van der Waals surface area contributed by atoms with Crippen LogP contribution in [0.3, 0.4) is 0 Å². The lowest BCUT2D eigenvalue weighted by Gasteiger charge is -2.40. The Morgan fingerprint density at radius 3 is 2.85 bits per heavy atom. The zero-order valence-corrected chi connectivity index (χ0v) is 10.7. The number of hydrogen-bond acceptors (Lipinski definition) is 7. The Hall–Kier alpha value is -2.51. The van der Waals surface area contributed by atoms with Gasteiger partial charge >= 0.3 is 0 Å². The number of anilines is 1. The van der Waals surface area contributed by atoms with Gasteiger partial charge in [0.2, 0.25) is 0 Å². The fourth-order valence-corrected chi connectivity index (χ4v) is 2.88. The predicted octanol–water partition coefficient (Wildman–Crippen LogP) is -0.103. The van der Waals surface area contributed by atoms with Gasteiger partial charge in [-0.3, -0.25) is 4.79 Å². The number of nitrogens with two attached hydrogens (primary N) is 1. The molecule has 20 heavy (non-hydrogen) atoms. The molecule has 3 aliphatic heterocycles. The number of carbonyl (C=O) groups is 1. The van der Waals surface area contributed by atoms with Crippen LogP contribution in [0.2, 0.25) is 0 Å². The van der Waals surface area contributed by atoms with E-state index in [0.29, 0.717) is 16.9 Å². The Balaban J connectivity index is 1.82. The minimum absolute atomic E-state index is 0.153. The number of hydrogen-bond donors (Lipinski definition) is 1. The van der Waals surface area contributed by atoms with Gasteiger partial charge in [0.05, 0.1) is 11.9 Å². The normalized spacial score (nSPS) is 21.3. The zero-order valence-electron chi connectivity index (χ0n) is 10.7. The molecular weight excluding hydrogens is 258 g/mol. The van der Waals surface area contributed by atoms with E-state index in [1.54, 1.807) is 6.20 Å². The summed E-state index contributed by atoms with van der Waals surface area (Å²) in [7, 11) is 0. The number of Topliss-reactive ketones (excluding diaryl/α,β-unsaturated/α-hetero) is 1. The van der Waals surface area contributed by atoms with Crippen molar-refractivity contribution in [3.63, 3.8) is 0 Å². The van der Waals surface area contributed by atoms with Crippen LogP contribution in [0.1, 0.15) is 12.8 Å². The predicted molar refractivity (Wildman–Crippen MR) is 71.1 cm³/mol. The van der Waals surface area contributed by atoms with Gasteiger partial charge in [0.15, 0.2) is 22.8 Å². The highest BCUT2D eigenvalue weighted by Crippen LogP contribution is 2.31. The van der Waals surface area contributed by atoms with Crippen LogP contribution in [0, 0.1) is 5.92 Å². The third-order valence-electron chi connectivity index (χ3n) is 3.99. The van der Waals surface area contributed by atoms with E-state index in [0.717, 1.165) is 25.9 Å². The number of aromatic nitrogens is 5. The van der Waals surface area contributed by atoms with Crippen LogP contribution in [0.25, 0.3) is 17.4 Å². The summed E-state index contributed by atoms with van der Waals surface area (Å²) < 4.78 is 1.50. The molecule has 2 aromatic heterocycles. The third-order valence-corrected chi connectivity index (χ3v) is 3.99. The van der Waals surface area contributed by atoms with Crippen molar-refractivity contribution in [1.29, 1.82) is 0 Å². The summed E-state index contributed by atoms with van der Waals surface area (Å²) in [6.07, 6.45) is 4.97. The second kappa shape index (κ2) is 3.99. The van der Waals surface area contributed by atoms with Crippen molar-refractivity contribution >= 4 is 29.0 Å². The van der Waals surface area contributed by atoms with Gasteiger partial charge in [0.25, 0.3) is 0 Å². The molecule has 8 heteroatoms. The molecule has 3 aliphatic rings. The maximum Gasteiger partial charge on any atom is 0.188 e. The third kappa shape index (κ3) is 1.50. The molecule has 3 fully saturated rings. The van der Waals surface area contributed by atoms with Crippen LogP contribution in [-0.2, 0) is 4.79 Å². The molecule has 2 N–H and O–H groups in total. The molecule has 102 valence electrons. The lowest BCUT2D eigenvalue weighted by Crippen LogP contribution is -2.46. The molecule has 0 aromatic carbocycles. The monoisotopic (exact) mass is 271 g/mol. The molecular formula is C12H13N7O. The molecule has 8 nitrogen and oxygen atoms in total. The maximum absolute atomic E-state index is 12.3. The summed E-state index contributed by atoms with van der Waals surface area (Å²) in [5.41, 5.74) is 7.38. The number of nitrogens with zero attached hydrogens (tertiary/aromatic N) is 6. The molecule has 2 bridgehead atoms. The second-order valence-corrected chi connectivity index (χ2v) is 5.11. The van der Waals surface area contributed by atoms with Crippen LogP contribution >= 0.6 is 0 Å². The van der Waals surface area contributed by atoms with Gasteiger partial charge in [0.1, 0.15) is 6.33 Å². The number of ketones is 1. The molecule has 0 spiro atoms. The standard InChI is InChI=1S/C12H13N7O/c13-11-9-12(15-6-14-11)19(17-16-9)5-8-10(20)7-1-3-18(8)4-2-7/h5-7H,1-4H2,(H2,13,14,15).